The number of anilines is 1. The van der Waals surface area contributed by atoms with Gasteiger partial charge in [0.05, 0.1) is 53.8 Å². The van der Waals surface area contributed by atoms with Crippen molar-refractivity contribution in [2.24, 2.45) is 5.73 Å². The Kier molecular flexibility index (Phi) is 6.11. The molecule has 1 aliphatic heterocycles. The minimum atomic E-state index is -2.81. The van der Waals surface area contributed by atoms with Crippen LogP contribution in [0.1, 0.15) is 54.1 Å². The number of nitrogens with zero attached hydrogens (tertiary/aromatic N) is 2. The van der Waals surface area contributed by atoms with Gasteiger partial charge in [0.15, 0.2) is 0 Å². The molecule has 0 aliphatic carbocycles. The molecule has 162 valence electrons. The maximum absolute atomic E-state index is 14.0. The highest BCUT2D eigenvalue weighted by Gasteiger charge is 2.39. The van der Waals surface area contributed by atoms with Gasteiger partial charge in [0.1, 0.15) is 5.75 Å². The van der Waals surface area contributed by atoms with Gasteiger partial charge in [0.2, 0.25) is 11.8 Å². The fraction of sp³-hybridized carbons (Fsp3) is 0.318. The molecule has 31 heavy (non-hydrogen) atoms. The topological polar surface area (TPSA) is 110 Å². The molecule has 1 aliphatic rings. The summed E-state index contributed by atoms with van der Waals surface area (Å²) in [7, 11) is 1.42. The molecule has 0 fully saturated rings. The van der Waals surface area contributed by atoms with Crippen LogP contribution in [0, 0.1) is 18.3 Å². The Morgan fingerprint density at radius 1 is 1.39 bits per heavy atom. The first-order valence-corrected chi connectivity index (χ1v) is 9.56. The van der Waals surface area contributed by atoms with Crippen LogP contribution in [0.3, 0.4) is 0 Å². The number of pyridine rings is 1. The number of nitriles is 1. The summed E-state index contributed by atoms with van der Waals surface area (Å²) in [5.74, 6) is -1.18. The van der Waals surface area contributed by atoms with E-state index >= 15 is 0 Å². The molecular weight excluding hydrogens is 406 g/mol. The van der Waals surface area contributed by atoms with Crippen molar-refractivity contribution >= 4 is 11.6 Å². The van der Waals surface area contributed by atoms with Crippen molar-refractivity contribution in [3.8, 4) is 17.7 Å². The Morgan fingerprint density at radius 3 is 2.65 bits per heavy atom. The predicted octanol–water partition coefficient (Wildman–Crippen LogP) is 3.92. The van der Waals surface area contributed by atoms with Gasteiger partial charge in [-0.3, -0.25) is 4.79 Å². The number of nitrogens with two attached hydrogens (primary N) is 1. The van der Waals surface area contributed by atoms with Gasteiger partial charge in [-0.1, -0.05) is 6.07 Å². The highest BCUT2D eigenvalue weighted by Crippen LogP contribution is 2.51. The van der Waals surface area contributed by atoms with Crippen molar-refractivity contribution in [3.63, 3.8) is 0 Å². The fourth-order valence-corrected chi connectivity index (χ4v) is 3.89. The van der Waals surface area contributed by atoms with E-state index in [0.717, 1.165) is 0 Å². The zero-order chi connectivity index (χ0) is 22.9. The molecule has 0 bridgehead atoms. The summed E-state index contributed by atoms with van der Waals surface area (Å²) in [5, 5.41) is 12.2. The molecule has 1 atom stereocenters. The number of fused-ring (bicyclic) bond motifs is 1. The predicted molar refractivity (Wildman–Crippen MR) is 110 cm³/mol. The fourth-order valence-electron chi connectivity index (χ4n) is 3.89. The molecule has 0 saturated heterocycles. The monoisotopic (exact) mass is 428 g/mol. The van der Waals surface area contributed by atoms with Gasteiger partial charge >= 0.3 is 0 Å². The number of hydrogen-bond acceptors (Lipinski definition) is 6. The number of alkyl halides is 2. The molecule has 2 heterocycles. The summed E-state index contributed by atoms with van der Waals surface area (Å²) in [5.41, 5.74) is 7.27. The largest absolute Gasteiger partial charge is 0.496 e. The quantitative estimate of drug-likeness (QED) is 0.722. The van der Waals surface area contributed by atoms with E-state index in [1.807, 2.05) is 6.07 Å². The Balaban J connectivity index is 2.45. The first-order valence-electron chi connectivity index (χ1n) is 9.56. The number of halogens is 2. The molecule has 2 aromatic rings. The third-order valence-corrected chi connectivity index (χ3v) is 5.16. The maximum atomic E-state index is 14.0. The molecule has 3 rings (SSSR count). The molecular formula is C22H22F2N4O3. The van der Waals surface area contributed by atoms with Crippen LogP contribution in [0.4, 0.5) is 14.5 Å². The van der Waals surface area contributed by atoms with Crippen LogP contribution >= 0.6 is 0 Å². The highest BCUT2D eigenvalue weighted by molar-refractivity contribution is 5.98. The first-order chi connectivity index (χ1) is 14.7. The van der Waals surface area contributed by atoms with E-state index < -0.39 is 18.3 Å². The Hall–Kier alpha value is -3.67. The average molecular weight is 428 g/mol. The number of allylic oxidation sites excluding steroid dienone is 1. The number of amides is 1. The summed E-state index contributed by atoms with van der Waals surface area (Å²) >= 11 is 0. The van der Waals surface area contributed by atoms with Crippen LogP contribution in [0.2, 0.25) is 0 Å². The number of primary amides is 1. The third kappa shape index (κ3) is 3.77. The van der Waals surface area contributed by atoms with Crippen molar-refractivity contribution in [2.75, 3.05) is 19.0 Å². The molecule has 1 amide bonds. The number of benzene rings is 1. The molecule has 1 aromatic heterocycles. The number of methoxy groups -OCH3 is 1. The summed E-state index contributed by atoms with van der Waals surface area (Å²) in [6, 6.07) is 6.71. The lowest BCUT2D eigenvalue weighted by atomic mass is 9.79. The van der Waals surface area contributed by atoms with Gasteiger partial charge < -0.3 is 20.5 Å². The minimum absolute atomic E-state index is 0.116. The molecule has 9 heteroatoms. The van der Waals surface area contributed by atoms with Crippen molar-refractivity contribution in [3.05, 3.63) is 57.4 Å². The van der Waals surface area contributed by atoms with Crippen molar-refractivity contribution < 1.29 is 23.0 Å². The van der Waals surface area contributed by atoms with Gasteiger partial charge in [-0.25, -0.2) is 13.8 Å². The summed E-state index contributed by atoms with van der Waals surface area (Å²) < 4.78 is 39.2. The lowest BCUT2D eigenvalue weighted by Gasteiger charge is -2.33. The van der Waals surface area contributed by atoms with E-state index in [1.54, 1.807) is 26.0 Å². The molecule has 0 spiro atoms. The number of carbonyl (C=O) groups is 1. The van der Waals surface area contributed by atoms with Crippen LogP contribution in [-0.4, -0.2) is 24.6 Å². The van der Waals surface area contributed by atoms with Crippen molar-refractivity contribution in [2.45, 2.75) is 33.1 Å². The molecule has 0 radical (unpaired) electrons. The second kappa shape index (κ2) is 8.60. The number of aryl methyl sites for hydroxylation is 1. The minimum Gasteiger partial charge on any atom is -0.496 e. The zero-order valence-corrected chi connectivity index (χ0v) is 17.5. The van der Waals surface area contributed by atoms with Crippen LogP contribution < -0.4 is 20.5 Å². The standard InChI is InChI=1S/C22H22F2N4O3/c1-5-31-22-18-17(13-7-6-12(9-25)8-14(13)30-4)15(21(26)29)10(2)27-19(18)16(20(23)24)11(3)28-22/h6-8,17,20,27H,5H2,1-4H3,(H2,26,29)/t17-/m1/s1. The van der Waals surface area contributed by atoms with E-state index in [9.17, 15) is 18.8 Å². The SMILES string of the molecule is CCOc1nc(C)c(C(F)F)c2c1[C@H](c1ccc(C#N)cc1OC)C(C(N)=O)=C(C)N2. The van der Waals surface area contributed by atoms with Crippen molar-refractivity contribution in [1.29, 1.82) is 5.26 Å². The Bertz CT molecular complexity index is 1120. The van der Waals surface area contributed by atoms with Crippen LogP contribution in [0.15, 0.2) is 29.5 Å². The van der Waals surface area contributed by atoms with E-state index in [2.05, 4.69) is 10.3 Å². The molecule has 7 nitrogen and oxygen atoms in total. The van der Waals surface area contributed by atoms with Gasteiger partial charge in [0, 0.05) is 16.8 Å². The Morgan fingerprint density at radius 2 is 2.10 bits per heavy atom. The van der Waals surface area contributed by atoms with E-state index in [0.29, 0.717) is 22.6 Å². The number of hydrogen-bond donors (Lipinski definition) is 2. The molecule has 0 unspecified atom stereocenters. The lowest BCUT2D eigenvalue weighted by Crippen LogP contribution is -2.29. The van der Waals surface area contributed by atoms with Crippen LogP contribution in [-0.2, 0) is 4.79 Å². The highest BCUT2D eigenvalue weighted by atomic mass is 19.3. The second-order valence-corrected chi connectivity index (χ2v) is 6.97. The normalized spacial score (nSPS) is 15.2. The Labute approximate surface area is 178 Å². The molecule has 0 saturated carbocycles. The number of nitrogens with one attached hydrogen (secondary N) is 1. The van der Waals surface area contributed by atoms with Gasteiger partial charge in [-0.05, 0) is 32.9 Å². The number of ether oxygens (including phenoxy) is 2. The van der Waals surface area contributed by atoms with Crippen molar-refractivity contribution in [1.82, 2.24) is 4.98 Å². The van der Waals surface area contributed by atoms with Crippen LogP contribution in [0.5, 0.6) is 11.6 Å². The molecule has 1 aromatic carbocycles. The van der Waals surface area contributed by atoms with Crippen LogP contribution in [0.25, 0.3) is 0 Å². The van der Waals surface area contributed by atoms with E-state index in [4.69, 9.17) is 15.2 Å². The van der Waals surface area contributed by atoms with E-state index in [-0.39, 0.29) is 40.6 Å². The smallest absolute Gasteiger partial charge is 0.267 e. The maximum Gasteiger partial charge on any atom is 0.267 e. The number of carbonyl (C=O) groups excluding carboxylic acids is 1. The third-order valence-electron chi connectivity index (χ3n) is 5.16. The molecule has 3 N–H and O–H groups in total. The number of rotatable bonds is 6. The summed E-state index contributed by atoms with van der Waals surface area (Å²) in [6.07, 6.45) is -2.81. The van der Waals surface area contributed by atoms with Gasteiger partial charge in [0.25, 0.3) is 6.43 Å². The average Bonchev–Trinajstić information content (AvgIpc) is 2.71. The second-order valence-electron chi connectivity index (χ2n) is 6.97. The van der Waals surface area contributed by atoms with E-state index in [1.165, 1.54) is 20.1 Å². The zero-order valence-electron chi connectivity index (χ0n) is 17.5. The van der Waals surface area contributed by atoms with Gasteiger partial charge in [-0.2, -0.15) is 5.26 Å². The first kappa shape index (κ1) is 22.0. The lowest BCUT2D eigenvalue weighted by molar-refractivity contribution is -0.114. The summed E-state index contributed by atoms with van der Waals surface area (Å²) in [6.45, 7) is 5.05. The summed E-state index contributed by atoms with van der Waals surface area (Å²) in [4.78, 5) is 16.7. The van der Waals surface area contributed by atoms with Gasteiger partial charge in [-0.15, -0.1) is 0 Å². The number of aromatic nitrogens is 1.